The van der Waals surface area contributed by atoms with Gasteiger partial charge in [-0.15, -0.1) is 0 Å². The van der Waals surface area contributed by atoms with Crippen LogP contribution in [0.3, 0.4) is 0 Å². The van der Waals surface area contributed by atoms with Gasteiger partial charge in [0.2, 0.25) is 0 Å². The molecule has 0 aromatic carbocycles. The van der Waals surface area contributed by atoms with Crippen LogP contribution in [0.2, 0.25) is 0 Å². The first-order valence-corrected chi connectivity index (χ1v) is 11.0. The van der Waals surface area contributed by atoms with Gasteiger partial charge in [0.25, 0.3) is 0 Å². The first-order valence-electron chi connectivity index (χ1n) is 11.0. The summed E-state index contributed by atoms with van der Waals surface area (Å²) in [6.45, 7) is 12.2. The predicted molar refractivity (Wildman–Crippen MR) is 113 cm³/mol. The summed E-state index contributed by atoms with van der Waals surface area (Å²) >= 11 is 0. The van der Waals surface area contributed by atoms with E-state index in [1.165, 1.54) is 32.1 Å². The van der Waals surface area contributed by atoms with E-state index in [4.69, 9.17) is 9.47 Å². The van der Waals surface area contributed by atoms with Crippen LogP contribution < -0.4 is 0 Å². The van der Waals surface area contributed by atoms with Crippen LogP contribution in [0, 0.1) is 10.8 Å². The Bertz CT molecular complexity index is 442. The topological polar surface area (TPSA) is 72.8 Å². The highest BCUT2D eigenvalue weighted by molar-refractivity contribution is 5.75. The van der Waals surface area contributed by atoms with E-state index in [1.54, 1.807) is 0 Å². The molecule has 1 N–H and O–H groups in total. The van der Waals surface area contributed by atoms with Gasteiger partial charge in [-0.25, -0.2) is 0 Å². The molecule has 0 radical (unpaired) electrons. The minimum absolute atomic E-state index is 0.140. The van der Waals surface area contributed by atoms with Gasteiger partial charge >= 0.3 is 11.9 Å². The van der Waals surface area contributed by atoms with Crippen molar-refractivity contribution in [2.45, 2.75) is 112 Å². The van der Waals surface area contributed by atoms with Gasteiger partial charge in [0.1, 0.15) is 19.3 Å². The second-order valence-electron chi connectivity index (χ2n) is 9.40. The number of unbranched alkanes of at least 4 members (excludes halogenated alkanes) is 3. The molecule has 0 rings (SSSR count). The van der Waals surface area contributed by atoms with Crippen molar-refractivity contribution in [1.82, 2.24) is 0 Å². The van der Waals surface area contributed by atoms with Crippen molar-refractivity contribution < 1.29 is 24.2 Å². The Balaban J connectivity index is 4.14. The van der Waals surface area contributed by atoms with Gasteiger partial charge in [0.05, 0.1) is 5.41 Å². The van der Waals surface area contributed by atoms with E-state index in [0.717, 1.165) is 19.3 Å². The van der Waals surface area contributed by atoms with E-state index >= 15 is 0 Å². The summed E-state index contributed by atoms with van der Waals surface area (Å²) in [7, 11) is 0. The average Bonchev–Trinajstić information content (AvgIpc) is 2.61. The minimum Gasteiger partial charge on any atom is -0.463 e. The fraction of sp³-hybridized carbons (Fsp3) is 0.913. The van der Waals surface area contributed by atoms with Crippen LogP contribution in [0.15, 0.2) is 0 Å². The van der Waals surface area contributed by atoms with Crippen molar-refractivity contribution >= 4 is 11.9 Å². The maximum absolute atomic E-state index is 12.4. The Morgan fingerprint density at radius 3 is 2.04 bits per heavy atom. The summed E-state index contributed by atoms with van der Waals surface area (Å²) in [5, 5.41) is 9.83. The van der Waals surface area contributed by atoms with Gasteiger partial charge in [-0.05, 0) is 44.9 Å². The smallest absolute Gasteiger partial charge is 0.311 e. The van der Waals surface area contributed by atoms with Gasteiger partial charge in [-0.3, -0.25) is 9.59 Å². The summed E-state index contributed by atoms with van der Waals surface area (Å²) in [5.41, 5.74) is -0.289. The number of esters is 2. The zero-order valence-electron chi connectivity index (χ0n) is 19.1. The molecular weight excluding hydrogens is 356 g/mol. The maximum Gasteiger partial charge on any atom is 0.311 e. The molecule has 0 spiro atoms. The summed E-state index contributed by atoms with van der Waals surface area (Å²) in [6.07, 6.45) is 9.22. The molecular formula is C23H44O5. The van der Waals surface area contributed by atoms with E-state index in [2.05, 4.69) is 20.8 Å². The number of rotatable bonds is 16. The molecule has 0 saturated carbocycles. The summed E-state index contributed by atoms with van der Waals surface area (Å²) < 4.78 is 10.2. The molecule has 0 saturated heterocycles. The molecule has 0 aliphatic carbocycles. The lowest BCUT2D eigenvalue weighted by Gasteiger charge is -2.28. The third-order valence-electron chi connectivity index (χ3n) is 5.21. The lowest BCUT2D eigenvalue weighted by molar-refractivity contribution is -0.160. The van der Waals surface area contributed by atoms with E-state index in [9.17, 15) is 14.7 Å². The normalized spacial score (nSPS) is 13.2. The quantitative estimate of drug-likeness (QED) is 0.276. The second kappa shape index (κ2) is 14.0. The summed E-state index contributed by atoms with van der Waals surface area (Å²) in [6, 6.07) is 0. The summed E-state index contributed by atoms with van der Waals surface area (Å²) in [5.74, 6) is -0.655. The molecule has 0 fully saturated rings. The highest BCUT2D eigenvalue weighted by Crippen LogP contribution is 2.33. The molecule has 0 aliphatic heterocycles. The molecule has 0 unspecified atom stereocenters. The number of aliphatic hydroxyl groups is 1. The molecule has 0 aromatic rings. The molecule has 0 heterocycles. The fourth-order valence-electron chi connectivity index (χ4n) is 3.15. The molecule has 5 heteroatoms. The van der Waals surface area contributed by atoms with Gasteiger partial charge in [-0.1, -0.05) is 59.8 Å². The highest BCUT2D eigenvalue weighted by Gasteiger charge is 2.30. The maximum atomic E-state index is 12.4. The lowest BCUT2D eigenvalue weighted by atomic mass is 9.79. The van der Waals surface area contributed by atoms with Crippen LogP contribution in [-0.2, 0) is 19.1 Å². The van der Waals surface area contributed by atoms with Crippen molar-refractivity contribution in [2.24, 2.45) is 10.8 Å². The van der Waals surface area contributed by atoms with Crippen LogP contribution >= 0.6 is 0 Å². The molecule has 1 atom stereocenters. The predicted octanol–water partition coefficient (Wildman–Crippen LogP) is 5.43. The van der Waals surface area contributed by atoms with Gasteiger partial charge in [-0.2, -0.15) is 0 Å². The van der Waals surface area contributed by atoms with E-state index in [1.807, 2.05) is 20.8 Å². The molecule has 5 nitrogen and oxygen atoms in total. The van der Waals surface area contributed by atoms with Gasteiger partial charge < -0.3 is 14.6 Å². The van der Waals surface area contributed by atoms with Crippen LogP contribution in [-0.4, -0.2) is 36.4 Å². The Kier molecular flexibility index (Phi) is 13.4. The Morgan fingerprint density at radius 2 is 1.43 bits per heavy atom. The van der Waals surface area contributed by atoms with Gasteiger partial charge in [0.15, 0.2) is 0 Å². The van der Waals surface area contributed by atoms with Crippen LogP contribution in [0.25, 0.3) is 0 Å². The Hall–Kier alpha value is -1.10. The highest BCUT2D eigenvalue weighted by atomic mass is 16.6. The van der Waals surface area contributed by atoms with Crippen molar-refractivity contribution in [3.63, 3.8) is 0 Å². The largest absolute Gasteiger partial charge is 0.463 e. The number of hydrogen-bond donors (Lipinski definition) is 1. The third-order valence-corrected chi connectivity index (χ3v) is 5.21. The first-order chi connectivity index (χ1) is 13.0. The number of carbonyl (C=O) groups excluding carboxylic acids is 2. The molecule has 0 amide bonds. The number of carbonyl (C=O) groups is 2. The number of aliphatic hydroxyl groups excluding tert-OH is 1. The Morgan fingerprint density at radius 1 is 0.821 bits per heavy atom. The lowest BCUT2D eigenvalue weighted by Crippen LogP contribution is -2.32. The minimum atomic E-state index is -0.984. The van der Waals surface area contributed by atoms with Crippen molar-refractivity contribution in [3.05, 3.63) is 0 Å². The van der Waals surface area contributed by atoms with Crippen LogP contribution in [0.4, 0.5) is 0 Å². The van der Waals surface area contributed by atoms with E-state index in [0.29, 0.717) is 18.3 Å². The zero-order valence-corrected chi connectivity index (χ0v) is 19.1. The van der Waals surface area contributed by atoms with Crippen molar-refractivity contribution in [1.29, 1.82) is 0 Å². The number of ether oxygens (including phenoxy) is 2. The molecule has 28 heavy (non-hydrogen) atoms. The van der Waals surface area contributed by atoms with Gasteiger partial charge in [0, 0.05) is 6.42 Å². The summed E-state index contributed by atoms with van der Waals surface area (Å²) in [4.78, 5) is 23.7. The van der Waals surface area contributed by atoms with E-state index in [-0.39, 0.29) is 25.2 Å². The monoisotopic (exact) mass is 400 g/mol. The first kappa shape index (κ1) is 26.9. The molecule has 0 bridgehead atoms. The third kappa shape index (κ3) is 13.1. The van der Waals surface area contributed by atoms with Crippen LogP contribution in [0.1, 0.15) is 106 Å². The van der Waals surface area contributed by atoms with E-state index < -0.39 is 11.5 Å². The Labute approximate surface area is 172 Å². The SMILES string of the molecule is CCCCCCC(C)(C)CCCC(C)(C)C(=O)OC[C@H](O)COC(=O)CCC. The second-order valence-corrected chi connectivity index (χ2v) is 9.40. The standard InChI is InChI=1S/C23H44O5/c1-7-9-10-11-14-22(3,4)15-12-16-23(5,6)21(26)28-18-19(24)17-27-20(25)13-8-2/h19,24H,7-18H2,1-6H3/t19-/m1/s1. The molecule has 0 aromatic heterocycles. The zero-order chi connectivity index (χ0) is 21.6. The fourth-order valence-corrected chi connectivity index (χ4v) is 3.15. The van der Waals surface area contributed by atoms with Crippen LogP contribution in [0.5, 0.6) is 0 Å². The molecule has 166 valence electrons. The van der Waals surface area contributed by atoms with Crippen molar-refractivity contribution in [3.8, 4) is 0 Å². The average molecular weight is 401 g/mol. The number of hydrogen-bond acceptors (Lipinski definition) is 5. The van der Waals surface area contributed by atoms with Crippen molar-refractivity contribution in [2.75, 3.05) is 13.2 Å². The molecule has 0 aliphatic rings.